The zero-order chi connectivity index (χ0) is 22.1. The summed E-state index contributed by atoms with van der Waals surface area (Å²) >= 11 is 0. The highest BCUT2D eigenvalue weighted by Gasteiger charge is 2.38. The molecule has 0 spiro atoms. The molecule has 0 amide bonds. The summed E-state index contributed by atoms with van der Waals surface area (Å²) in [7, 11) is 3.15. The van der Waals surface area contributed by atoms with Gasteiger partial charge in [-0.1, -0.05) is 13.8 Å². The molecule has 30 heavy (non-hydrogen) atoms. The number of nitrogens with zero attached hydrogens (tertiary/aromatic N) is 2. The molecular weight excluding hydrogens is 388 g/mol. The van der Waals surface area contributed by atoms with Gasteiger partial charge in [-0.05, 0) is 30.9 Å². The van der Waals surface area contributed by atoms with Gasteiger partial charge in [0, 0.05) is 37.9 Å². The molecule has 1 aliphatic heterocycles. The molecule has 0 saturated heterocycles. The Hall–Kier alpha value is -2.87. The van der Waals surface area contributed by atoms with Crippen LogP contribution in [0.15, 0.2) is 23.1 Å². The van der Waals surface area contributed by atoms with E-state index in [4.69, 9.17) is 14.2 Å². The third kappa shape index (κ3) is 3.79. The third-order valence-electron chi connectivity index (χ3n) is 5.84. The maximum atomic E-state index is 12.5. The van der Waals surface area contributed by atoms with E-state index in [2.05, 4.69) is 25.8 Å². The van der Waals surface area contributed by atoms with Crippen molar-refractivity contribution in [2.24, 2.45) is 5.92 Å². The highest BCUT2D eigenvalue weighted by atomic mass is 16.5. The molecule has 8 heteroatoms. The number of carboxylic acid groups (broad SMARTS) is 1. The number of methoxy groups -OCH3 is 2. The minimum Gasteiger partial charge on any atom is -0.488 e. The van der Waals surface area contributed by atoms with Gasteiger partial charge < -0.3 is 23.9 Å². The van der Waals surface area contributed by atoms with E-state index in [0.29, 0.717) is 42.7 Å². The fourth-order valence-electron chi connectivity index (χ4n) is 3.76. The molecule has 8 nitrogen and oxygen atoms in total. The van der Waals surface area contributed by atoms with Crippen molar-refractivity contribution >= 4 is 5.97 Å². The van der Waals surface area contributed by atoms with Gasteiger partial charge in [-0.15, -0.1) is 0 Å². The Morgan fingerprint density at radius 3 is 2.63 bits per heavy atom. The molecule has 0 fully saturated rings. The summed E-state index contributed by atoms with van der Waals surface area (Å²) < 4.78 is 18.2. The van der Waals surface area contributed by atoms with Crippen LogP contribution in [0.25, 0.3) is 11.4 Å². The zero-order valence-electron chi connectivity index (χ0n) is 18.0. The Labute approximate surface area is 175 Å². The molecule has 0 saturated carbocycles. The summed E-state index contributed by atoms with van der Waals surface area (Å²) in [5.41, 5.74) is 0.864. The van der Waals surface area contributed by atoms with Gasteiger partial charge >= 0.3 is 5.97 Å². The normalized spacial score (nSPS) is 17.4. The van der Waals surface area contributed by atoms with Crippen LogP contribution >= 0.6 is 0 Å². The highest BCUT2D eigenvalue weighted by molar-refractivity contribution is 5.87. The van der Waals surface area contributed by atoms with E-state index in [1.165, 1.54) is 19.4 Å². The number of rotatable bonds is 8. The maximum Gasteiger partial charge on any atom is 0.341 e. The van der Waals surface area contributed by atoms with Crippen LogP contribution < -0.4 is 14.9 Å². The lowest BCUT2D eigenvalue weighted by Gasteiger charge is -2.42. The predicted octanol–water partition coefficient (Wildman–Crippen LogP) is 2.96. The van der Waals surface area contributed by atoms with E-state index in [1.807, 2.05) is 10.6 Å². The Morgan fingerprint density at radius 2 is 2.03 bits per heavy atom. The van der Waals surface area contributed by atoms with E-state index in [0.717, 1.165) is 12.0 Å². The number of ether oxygens (including phenoxy) is 3. The van der Waals surface area contributed by atoms with Crippen LogP contribution in [0.4, 0.5) is 0 Å². The summed E-state index contributed by atoms with van der Waals surface area (Å²) in [6.45, 7) is 7.26. The van der Waals surface area contributed by atoms with Crippen molar-refractivity contribution in [3.8, 4) is 23.0 Å². The van der Waals surface area contributed by atoms with Crippen molar-refractivity contribution in [2.45, 2.75) is 39.2 Å². The highest BCUT2D eigenvalue weighted by Crippen LogP contribution is 2.43. The molecule has 0 bridgehead atoms. The molecule has 1 unspecified atom stereocenters. The van der Waals surface area contributed by atoms with Crippen molar-refractivity contribution in [1.82, 2.24) is 9.55 Å². The average Bonchev–Trinajstić information content (AvgIpc) is 2.70. The van der Waals surface area contributed by atoms with Crippen molar-refractivity contribution in [3.63, 3.8) is 0 Å². The largest absolute Gasteiger partial charge is 0.488 e. The van der Waals surface area contributed by atoms with E-state index in [1.54, 1.807) is 7.11 Å². The van der Waals surface area contributed by atoms with E-state index in [-0.39, 0.29) is 11.5 Å². The number of hydrogen-bond acceptors (Lipinski definition) is 6. The molecule has 1 aliphatic rings. The molecule has 2 aromatic rings. The monoisotopic (exact) mass is 416 g/mol. The average molecular weight is 416 g/mol. The smallest absolute Gasteiger partial charge is 0.341 e. The second kappa shape index (κ2) is 8.47. The summed E-state index contributed by atoms with van der Waals surface area (Å²) in [6.07, 6.45) is 2.78. The lowest BCUT2D eigenvalue weighted by molar-refractivity contribution is 0.0693. The minimum atomic E-state index is -1.24. The molecule has 3 heterocycles. The number of aromatic nitrogens is 2. The maximum absolute atomic E-state index is 12.5. The first-order valence-corrected chi connectivity index (χ1v) is 9.93. The van der Waals surface area contributed by atoms with Crippen LogP contribution in [0.5, 0.6) is 11.6 Å². The summed E-state index contributed by atoms with van der Waals surface area (Å²) in [5.74, 6) is -0.212. The third-order valence-corrected chi connectivity index (χ3v) is 5.84. The summed E-state index contributed by atoms with van der Waals surface area (Å²) in [5, 5.41) is 9.44. The van der Waals surface area contributed by atoms with Crippen LogP contribution in [-0.2, 0) is 16.7 Å². The molecule has 2 aromatic heterocycles. The first kappa shape index (κ1) is 21.8. The lowest BCUT2D eigenvalue weighted by atomic mass is 9.78. The molecular formula is C22H28N2O6. The van der Waals surface area contributed by atoms with Gasteiger partial charge in [-0.2, -0.15) is 0 Å². The predicted molar refractivity (Wildman–Crippen MR) is 112 cm³/mol. The molecule has 0 aromatic carbocycles. The fourth-order valence-corrected chi connectivity index (χ4v) is 3.76. The minimum absolute atomic E-state index is 0.168. The SMILES string of the molecule is COCCCOc1cc2c(nc1OC)-c1cc(=O)c(C(=O)O)cn1C(C)(C(C)C)C2. The lowest BCUT2D eigenvalue weighted by Crippen LogP contribution is -2.43. The first-order valence-electron chi connectivity index (χ1n) is 9.93. The van der Waals surface area contributed by atoms with Gasteiger partial charge in [0.1, 0.15) is 5.56 Å². The Balaban J connectivity index is 2.17. The van der Waals surface area contributed by atoms with Gasteiger partial charge in [0.05, 0.1) is 25.1 Å². The van der Waals surface area contributed by atoms with Crippen LogP contribution in [0.3, 0.4) is 0 Å². The molecule has 162 valence electrons. The molecule has 0 radical (unpaired) electrons. The van der Waals surface area contributed by atoms with Crippen molar-refractivity contribution < 1.29 is 24.1 Å². The second-order valence-corrected chi connectivity index (χ2v) is 8.00. The number of aromatic carboxylic acids is 1. The fraction of sp³-hybridized carbons (Fsp3) is 0.500. The van der Waals surface area contributed by atoms with E-state index in [9.17, 15) is 14.7 Å². The van der Waals surface area contributed by atoms with Crippen molar-refractivity contribution in [2.75, 3.05) is 27.4 Å². The van der Waals surface area contributed by atoms with Gasteiger partial charge in [-0.25, -0.2) is 9.78 Å². The molecule has 0 aliphatic carbocycles. The van der Waals surface area contributed by atoms with Crippen LogP contribution in [0.1, 0.15) is 43.1 Å². The van der Waals surface area contributed by atoms with Crippen LogP contribution in [0, 0.1) is 5.92 Å². The quantitative estimate of drug-likeness (QED) is 0.661. The standard InChI is InChI=1S/C22H28N2O6/c1-13(2)22(3)11-14-9-18(30-8-6-7-28-4)20(29-5)23-19(14)16-10-17(25)15(21(26)27)12-24(16)22/h9-10,12-13H,6-8,11H2,1-5H3,(H,26,27). The summed E-state index contributed by atoms with van der Waals surface area (Å²) in [6, 6.07) is 3.27. The van der Waals surface area contributed by atoms with E-state index >= 15 is 0 Å². The molecule has 3 rings (SSSR count). The zero-order valence-corrected chi connectivity index (χ0v) is 18.0. The van der Waals surface area contributed by atoms with E-state index < -0.39 is 16.9 Å². The Kier molecular flexibility index (Phi) is 6.17. The number of carboxylic acids is 1. The number of carbonyl (C=O) groups is 1. The second-order valence-electron chi connectivity index (χ2n) is 8.00. The number of fused-ring (bicyclic) bond motifs is 3. The number of hydrogen-bond donors (Lipinski definition) is 1. The number of pyridine rings is 2. The first-order chi connectivity index (χ1) is 14.2. The van der Waals surface area contributed by atoms with Gasteiger partial charge in [0.2, 0.25) is 0 Å². The Morgan fingerprint density at radius 1 is 1.30 bits per heavy atom. The van der Waals surface area contributed by atoms with Gasteiger partial charge in [0.15, 0.2) is 11.2 Å². The Bertz CT molecular complexity index is 1010. The summed E-state index contributed by atoms with van der Waals surface area (Å²) in [4.78, 5) is 28.6. The van der Waals surface area contributed by atoms with Crippen LogP contribution in [0.2, 0.25) is 0 Å². The van der Waals surface area contributed by atoms with Gasteiger partial charge in [-0.3, -0.25) is 4.79 Å². The van der Waals surface area contributed by atoms with Crippen molar-refractivity contribution in [3.05, 3.63) is 39.7 Å². The van der Waals surface area contributed by atoms with Crippen molar-refractivity contribution in [1.29, 1.82) is 0 Å². The molecule has 1 N–H and O–H groups in total. The molecule has 1 atom stereocenters. The van der Waals surface area contributed by atoms with Gasteiger partial charge in [0.25, 0.3) is 5.88 Å². The topological polar surface area (TPSA) is 99.9 Å². The van der Waals surface area contributed by atoms with Crippen LogP contribution in [-0.4, -0.2) is 48.1 Å².